The number of hydrogen-bond donors (Lipinski definition) is 0. The second kappa shape index (κ2) is 10.2. The van der Waals surface area contributed by atoms with Crippen LogP contribution in [-0.4, -0.2) is 11.3 Å². The van der Waals surface area contributed by atoms with E-state index in [0.717, 1.165) is 19.3 Å². The third-order valence-corrected chi connectivity index (χ3v) is 1.77. The molecule has 0 aliphatic heterocycles. The van der Waals surface area contributed by atoms with Crippen molar-refractivity contribution in [3.8, 4) is 0 Å². The van der Waals surface area contributed by atoms with E-state index in [1.165, 1.54) is 0 Å². The van der Waals surface area contributed by atoms with E-state index in [9.17, 15) is 9.90 Å². The van der Waals surface area contributed by atoms with Gasteiger partial charge in [0.05, 0.1) is 11.3 Å². The third kappa shape index (κ3) is 9.23. The first-order valence-corrected chi connectivity index (χ1v) is 4.08. The van der Waals surface area contributed by atoms with Crippen LogP contribution in [0.25, 0.3) is 0 Å². The van der Waals surface area contributed by atoms with Gasteiger partial charge in [0.1, 0.15) is 0 Å². The number of carboxylic acids is 1. The Hall–Kier alpha value is 1.14. The first-order chi connectivity index (χ1) is 5.18. The molecule has 2 nitrogen and oxygen atoms in total. The summed E-state index contributed by atoms with van der Waals surface area (Å²) >= 11 is 5.41. The molecule has 0 rings (SSSR count). The molecule has 0 aromatic carbocycles. The van der Waals surface area contributed by atoms with Gasteiger partial charge < -0.3 is 9.90 Å². The quantitative estimate of drug-likeness (QED) is 0.224. The van der Waals surface area contributed by atoms with E-state index in [1.54, 1.807) is 0 Å². The first kappa shape index (κ1) is 15.6. The summed E-state index contributed by atoms with van der Waals surface area (Å²) in [6, 6.07) is 0. The minimum Gasteiger partial charge on any atom is -0.549 e. The van der Waals surface area contributed by atoms with Crippen molar-refractivity contribution in [1.29, 1.82) is 0 Å². The maximum atomic E-state index is 10.1. The Balaban J connectivity index is 0. The van der Waals surface area contributed by atoms with Crippen LogP contribution in [0.1, 0.15) is 25.7 Å². The van der Waals surface area contributed by atoms with Gasteiger partial charge in [-0.2, -0.15) is 0 Å². The molecule has 0 heterocycles. The van der Waals surface area contributed by atoms with Gasteiger partial charge in [0, 0.05) is 0 Å². The van der Waals surface area contributed by atoms with Crippen molar-refractivity contribution in [2.75, 3.05) is 0 Å². The summed E-state index contributed by atoms with van der Waals surface area (Å²) in [6.07, 6.45) is 4.96. The first-order valence-electron chi connectivity index (χ1n) is 3.64. The van der Waals surface area contributed by atoms with Crippen molar-refractivity contribution in [2.45, 2.75) is 31.1 Å². The monoisotopic (exact) mass is 214 g/mol. The molecule has 1 unspecified atom stereocenters. The van der Waals surface area contributed by atoms with Crippen molar-refractivity contribution in [3.63, 3.8) is 0 Å². The average Bonchev–Trinajstić information content (AvgIpc) is 1.97. The zero-order valence-electron chi connectivity index (χ0n) is 7.38. The zero-order chi connectivity index (χ0) is 8.69. The van der Waals surface area contributed by atoms with Crippen LogP contribution in [0.2, 0.25) is 0 Å². The molecule has 12 heavy (non-hydrogen) atoms. The normalized spacial score (nSPS) is 11.4. The summed E-state index contributed by atoms with van der Waals surface area (Å²) in [5.41, 5.74) is 0. The molecule has 0 aliphatic carbocycles. The molecule has 0 aliphatic rings. The predicted molar refractivity (Wildman–Crippen MR) is 43.3 cm³/mol. The minimum atomic E-state index is -1.18. The fourth-order valence-corrected chi connectivity index (χ4v) is 0.884. The average molecular weight is 215 g/mol. The van der Waals surface area contributed by atoms with E-state index in [1.807, 2.05) is 6.08 Å². The number of hydrogen-bond acceptors (Lipinski definition) is 2. The van der Waals surface area contributed by atoms with E-state index >= 15 is 0 Å². The van der Waals surface area contributed by atoms with Crippen LogP contribution in [0.4, 0.5) is 0 Å². The summed E-state index contributed by atoms with van der Waals surface area (Å²) < 4.78 is 0. The fourth-order valence-electron chi connectivity index (χ4n) is 0.730. The SMILES string of the molecule is C=CCCCCC(Cl)C(=O)[O-].[K+]. The van der Waals surface area contributed by atoms with Crippen LogP contribution in [0.5, 0.6) is 0 Å². The van der Waals surface area contributed by atoms with E-state index in [2.05, 4.69) is 6.58 Å². The number of carboxylic acid groups (broad SMARTS) is 1. The summed E-state index contributed by atoms with van der Waals surface area (Å²) in [5, 5.41) is 9.27. The molecule has 64 valence electrons. The molecule has 0 aromatic rings. The molecular formula is C8H12ClKO2. The van der Waals surface area contributed by atoms with E-state index < -0.39 is 11.3 Å². The van der Waals surface area contributed by atoms with Crippen LogP contribution in [-0.2, 0) is 4.79 Å². The summed E-state index contributed by atoms with van der Waals surface area (Å²) in [5.74, 6) is -1.18. The second-order valence-corrected chi connectivity index (χ2v) is 2.89. The Labute approximate surface area is 121 Å². The smallest absolute Gasteiger partial charge is 0.549 e. The summed E-state index contributed by atoms with van der Waals surface area (Å²) in [7, 11) is 0. The van der Waals surface area contributed by atoms with E-state index in [-0.39, 0.29) is 51.4 Å². The van der Waals surface area contributed by atoms with Crippen molar-refractivity contribution in [3.05, 3.63) is 12.7 Å². The Morgan fingerprint density at radius 1 is 1.58 bits per heavy atom. The third-order valence-electron chi connectivity index (χ3n) is 1.37. The van der Waals surface area contributed by atoms with Gasteiger partial charge in [-0.1, -0.05) is 12.5 Å². The summed E-state index contributed by atoms with van der Waals surface area (Å²) in [6.45, 7) is 3.55. The molecular weight excluding hydrogens is 203 g/mol. The Bertz CT molecular complexity index is 139. The molecule has 0 fully saturated rings. The fraction of sp³-hybridized carbons (Fsp3) is 0.625. The number of alkyl halides is 1. The van der Waals surface area contributed by atoms with Gasteiger partial charge in [0.25, 0.3) is 0 Å². The Kier molecular flexibility index (Phi) is 13.3. The van der Waals surface area contributed by atoms with Crippen molar-refractivity contribution >= 4 is 17.6 Å². The number of allylic oxidation sites excluding steroid dienone is 1. The second-order valence-electron chi connectivity index (χ2n) is 2.36. The maximum Gasteiger partial charge on any atom is 1.00 e. The van der Waals surface area contributed by atoms with E-state index in [0.29, 0.717) is 6.42 Å². The number of carbonyl (C=O) groups excluding carboxylic acids is 1. The topological polar surface area (TPSA) is 40.1 Å². The van der Waals surface area contributed by atoms with Crippen LogP contribution in [0.15, 0.2) is 12.7 Å². The van der Waals surface area contributed by atoms with Crippen molar-refractivity contribution < 1.29 is 61.3 Å². The number of unbranched alkanes of at least 4 members (excludes halogenated alkanes) is 2. The van der Waals surface area contributed by atoms with Gasteiger partial charge in [-0.25, -0.2) is 0 Å². The van der Waals surface area contributed by atoms with Crippen LogP contribution in [0.3, 0.4) is 0 Å². The number of halogens is 1. The minimum absolute atomic E-state index is 0. The van der Waals surface area contributed by atoms with Crippen LogP contribution in [0, 0.1) is 0 Å². The van der Waals surface area contributed by atoms with Gasteiger partial charge in [-0.05, 0) is 19.3 Å². The molecule has 0 radical (unpaired) electrons. The number of carbonyl (C=O) groups is 1. The van der Waals surface area contributed by atoms with E-state index in [4.69, 9.17) is 11.6 Å². The molecule has 4 heteroatoms. The maximum absolute atomic E-state index is 10.1. The molecule has 0 saturated carbocycles. The predicted octanol–water partition coefficient (Wildman–Crippen LogP) is -1.91. The van der Waals surface area contributed by atoms with Gasteiger partial charge in [0.15, 0.2) is 0 Å². The zero-order valence-corrected chi connectivity index (χ0v) is 11.3. The van der Waals surface area contributed by atoms with Gasteiger partial charge >= 0.3 is 51.4 Å². The number of aliphatic carboxylic acids is 1. The Morgan fingerprint density at radius 2 is 2.17 bits per heavy atom. The molecule has 0 spiro atoms. The largest absolute Gasteiger partial charge is 1.00 e. The molecule has 0 N–H and O–H groups in total. The molecule has 0 amide bonds. The summed E-state index contributed by atoms with van der Waals surface area (Å²) in [4.78, 5) is 10.1. The van der Waals surface area contributed by atoms with Crippen molar-refractivity contribution in [2.24, 2.45) is 0 Å². The molecule has 0 saturated heterocycles. The van der Waals surface area contributed by atoms with Crippen LogP contribution < -0.4 is 56.5 Å². The molecule has 1 atom stereocenters. The standard InChI is InChI=1S/C8H13ClO2.K/c1-2-3-4-5-6-7(9)8(10)11;/h2,7H,1,3-6H2,(H,10,11);/q;+1/p-1. The van der Waals surface area contributed by atoms with Crippen LogP contribution >= 0.6 is 11.6 Å². The number of rotatable bonds is 6. The molecule has 0 aromatic heterocycles. The van der Waals surface area contributed by atoms with Gasteiger partial charge in [-0.3, -0.25) is 0 Å². The Morgan fingerprint density at radius 3 is 2.58 bits per heavy atom. The molecule has 0 bridgehead atoms. The van der Waals surface area contributed by atoms with Gasteiger partial charge in [0.2, 0.25) is 0 Å². The van der Waals surface area contributed by atoms with Crippen molar-refractivity contribution in [1.82, 2.24) is 0 Å². The van der Waals surface area contributed by atoms with Gasteiger partial charge in [-0.15, -0.1) is 18.2 Å².